The molecule has 0 radical (unpaired) electrons. The van der Waals surface area contributed by atoms with Crippen LogP contribution in [0.3, 0.4) is 0 Å². The standard InChI is InChI=1S/C12H10N2O3/c1-16-12-4-9(7-15)2-3-11(12)17-10-5-13-8-14-6-10/h2-8H,1H3. The van der Waals surface area contributed by atoms with Crippen LogP contribution in [-0.2, 0) is 0 Å². The third-order valence-corrected chi connectivity index (χ3v) is 2.09. The average Bonchev–Trinajstić information content (AvgIpc) is 2.40. The van der Waals surface area contributed by atoms with Gasteiger partial charge in [0.05, 0.1) is 19.5 Å². The van der Waals surface area contributed by atoms with E-state index < -0.39 is 0 Å². The molecule has 86 valence electrons. The summed E-state index contributed by atoms with van der Waals surface area (Å²) in [6.45, 7) is 0. The Morgan fingerprint density at radius 2 is 1.94 bits per heavy atom. The Labute approximate surface area is 98.0 Å². The van der Waals surface area contributed by atoms with Crippen molar-refractivity contribution in [3.63, 3.8) is 0 Å². The molecule has 0 saturated heterocycles. The number of aldehydes is 1. The van der Waals surface area contributed by atoms with Crippen LogP contribution in [0.4, 0.5) is 0 Å². The van der Waals surface area contributed by atoms with Gasteiger partial charge in [0.15, 0.2) is 17.2 Å². The molecule has 1 aromatic heterocycles. The monoisotopic (exact) mass is 230 g/mol. The van der Waals surface area contributed by atoms with Crippen molar-refractivity contribution in [2.24, 2.45) is 0 Å². The number of rotatable bonds is 4. The zero-order valence-electron chi connectivity index (χ0n) is 9.16. The van der Waals surface area contributed by atoms with Gasteiger partial charge in [0.25, 0.3) is 0 Å². The maximum atomic E-state index is 10.6. The van der Waals surface area contributed by atoms with Gasteiger partial charge in [0, 0.05) is 5.56 Å². The fraction of sp³-hybridized carbons (Fsp3) is 0.0833. The zero-order chi connectivity index (χ0) is 12.1. The maximum Gasteiger partial charge on any atom is 0.169 e. The first kappa shape index (κ1) is 11.1. The Kier molecular flexibility index (Phi) is 3.30. The Bertz CT molecular complexity index is 514. The first-order chi connectivity index (χ1) is 8.33. The van der Waals surface area contributed by atoms with Crippen molar-refractivity contribution < 1.29 is 14.3 Å². The van der Waals surface area contributed by atoms with Crippen molar-refractivity contribution in [2.75, 3.05) is 7.11 Å². The number of hydrogen-bond donors (Lipinski definition) is 0. The molecular weight excluding hydrogens is 220 g/mol. The molecule has 17 heavy (non-hydrogen) atoms. The number of carbonyl (C=O) groups is 1. The SMILES string of the molecule is COc1cc(C=O)ccc1Oc1cncnc1. The molecule has 1 aromatic carbocycles. The number of methoxy groups -OCH3 is 1. The minimum atomic E-state index is 0.485. The number of benzene rings is 1. The number of ether oxygens (including phenoxy) is 2. The summed E-state index contributed by atoms with van der Waals surface area (Å²) >= 11 is 0. The summed E-state index contributed by atoms with van der Waals surface area (Å²) in [5, 5.41) is 0. The van der Waals surface area contributed by atoms with Crippen LogP contribution in [0, 0.1) is 0 Å². The highest BCUT2D eigenvalue weighted by Gasteiger charge is 2.06. The summed E-state index contributed by atoms with van der Waals surface area (Å²) in [6.07, 6.45) is 5.25. The van der Waals surface area contributed by atoms with Crippen LogP contribution in [0.1, 0.15) is 10.4 Å². The maximum absolute atomic E-state index is 10.6. The summed E-state index contributed by atoms with van der Waals surface area (Å²) in [6, 6.07) is 4.91. The van der Waals surface area contributed by atoms with E-state index in [0.29, 0.717) is 22.8 Å². The second kappa shape index (κ2) is 5.07. The molecule has 0 unspecified atom stereocenters. The summed E-state index contributed by atoms with van der Waals surface area (Å²) in [5.41, 5.74) is 0.526. The normalized spacial score (nSPS) is 9.71. The molecule has 0 saturated carbocycles. The van der Waals surface area contributed by atoms with Gasteiger partial charge < -0.3 is 9.47 Å². The quantitative estimate of drug-likeness (QED) is 0.752. The third-order valence-electron chi connectivity index (χ3n) is 2.09. The Morgan fingerprint density at radius 1 is 1.18 bits per heavy atom. The molecule has 2 aromatic rings. The largest absolute Gasteiger partial charge is 0.493 e. The number of nitrogens with zero attached hydrogens (tertiary/aromatic N) is 2. The fourth-order valence-corrected chi connectivity index (χ4v) is 1.31. The van der Waals surface area contributed by atoms with Crippen LogP contribution < -0.4 is 9.47 Å². The van der Waals surface area contributed by atoms with Gasteiger partial charge in [-0.3, -0.25) is 4.79 Å². The van der Waals surface area contributed by atoms with Crippen LogP contribution >= 0.6 is 0 Å². The lowest BCUT2D eigenvalue weighted by Gasteiger charge is -2.09. The van der Waals surface area contributed by atoms with Gasteiger partial charge in [-0.25, -0.2) is 9.97 Å². The number of aromatic nitrogens is 2. The minimum absolute atomic E-state index is 0.485. The smallest absolute Gasteiger partial charge is 0.169 e. The molecule has 0 amide bonds. The van der Waals surface area contributed by atoms with Gasteiger partial charge >= 0.3 is 0 Å². The van der Waals surface area contributed by atoms with Crippen LogP contribution in [0.25, 0.3) is 0 Å². The molecule has 0 aliphatic heterocycles. The summed E-state index contributed by atoms with van der Waals surface area (Å²) in [7, 11) is 1.51. The van der Waals surface area contributed by atoms with E-state index in [2.05, 4.69) is 9.97 Å². The number of carbonyl (C=O) groups excluding carboxylic acids is 1. The lowest BCUT2D eigenvalue weighted by Crippen LogP contribution is -1.92. The van der Waals surface area contributed by atoms with Crippen molar-refractivity contribution in [3.8, 4) is 17.2 Å². The molecule has 0 N–H and O–H groups in total. The van der Waals surface area contributed by atoms with Crippen LogP contribution in [0.15, 0.2) is 36.9 Å². The van der Waals surface area contributed by atoms with E-state index in [0.717, 1.165) is 6.29 Å². The van der Waals surface area contributed by atoms with Crippen LogP contribution in [-0.4, -0.2) is 23.4 Å². The fourth-order valence-electron chi connectivity index (χ4n) is 1.31. The summed E-state index contributed by atoms with van der Waals surface area (Å²) in [4.78, 5) is 18.3. The average molecular weight is 230 g/mol. The molecule has 0 bridgehead atoms. The zero-order valence-corrected chi connectivity index (χ0v) is 9.16. The van der Waals surface area contributed by atoms with Crippen molar-refractivity contribution in [2.45, 2.75) is 0 Å². The number of hydrogen-bond acceptors (Lipinski definition) is 5. The van der Waals surface area contributed by atoms with Crippen molar-refractivity contribution in [3.05, 3.63) is 42.5 Å². The highest BCUT2D eigenvalue weighted by atomic mass is 16.5. The lowest BCUT2D eigenvalue weighted by atomic mass is 10.2. The van der Waals surface area contributed by atoms with E-state index in [1.165, 1.54) is 13.4 Å². The molecule has 0 atom stereocenters. The first-order valence-electron chi connectivity index (χ1n) is 4.89. The van der Waals surface area contributed by atoms with E-state index in [-0.39, 0.29) is 0 Å². The van der Waals surface area contributed by atoms with Gasteiger partial charge in [-0.05, 0) is 18.2 Å². The van der Waals surface area contributed by atoms with Gasteiger partial charge in [-0.1, -0.05) is 0 Å². The van der Waals surface area contributed by atoms with E-state index in [1.54, 1.807) is 30.6 Å². The van der Waals surface area contributed by atoms with Gasteiger partial charge in [0.2, 0.25) is 0 Å². The second-order valence-electron chi connectivity index (χ2n) is 3.20. The highest BCUT2D eigenvalue weighted by Crippen LogP contribution is 2.31. The molecular formula is C12H10N2O3. The Hall–Kier alpha value is -2.43. The van der Waals surface area contributed by atoms with E-state index in [1.807, 2.05) is 0 Å². The Morgan fingerprint density at radius 3 is 2.59 bits per heavy atom. The van der Waals surface area contributed by atoms with E-state index in [9.17, 15) is 4.79 Å². The van der Waals surface area contributed by atoms with E-state index >= 15 is 0 Å². The molecule has 0 fully saturated rings. The third kappa shape index (κ3) is 2.57. The highest BCUT2D eigenvalue weighted by molar-refractivity contribution is 5.76. The van der Waals surface area contributed by atoms with Crippen molar-refractivity contribution >= 4 is 6.29 Å². The molecule has 0 spiro atoms. The Balaban J connectivity index is 2.29. The van der Waals surface area contributed by atoms with Crippen molar-refractivity contribution in [1.29, 1.82) is 0 Å². The van der Waals surface area contributed by atoms with Gasteiger partial charge in [-0.15, -0.1) is 0 Å². The van der Waals surface area contributed by atoms with Gasteiger partial charge in [-0.2, -0.15) is 0 Å². The molecule has 0 aliphatic rings. The molecule has 5 nitrogen and oxygen atoms in total. The van der Waals surface area contributed by atoms with Crippen LogP contribution in [0.5, 0.6) is 17.2 Å². The molecule has 0 aliphatic carbocycles. The first-order valence-corrected chi connectivity index (χ1v) is 4.89. The predicted molar refractivity (Wildman–Crippen MR) is 60.5 cm³/mol. The molecule has 1 heterocycles. The summed E-state index contributed by atoms with van der Waals surface area (Å²) < 4.78 is 10.7. The van der Waals surface area contributed by atoms with Crippen molar-refractivity contribution in [1.82, 2.24) is 9.97 Å². The van der Waals surface area contributed by atoms with Gasteiger partial charge in [0.1, 0.15) is 12.6 Å². The van der Waals surface area contributed by atoms with E-state index in [4.69, 9.17) is 9.47 Å². The minimum Gasteiger partial charge on any atom is -0.493 e. The van der Waals surface area contributed by atoms with Crippen LogP contribution in [0.2, 0.25) is 0 Å². The topological polar surface area (TPSA) is 61.3 Å². The molecule has 2 rings (SSSR count). The predicted octanol–water partition coefficient (Wildman–Crippen LogP) is 2.09. The summed E-state index contributed by atoms with van der Waals surface area (Å²) in [5.74, 6) is 1.50. The molecule has 5 heteroatoms. The lowest BCUT2D eigenvalue weighted by molar-refractivity contribution is 0.112. The second-order valence-corrected chi connectivity index (χ2v) is 3.20.